The van der Waals surface area contributed by atoms with E-state index in [1.165, 1.54) is 7.11 Å². The van der Waals surface area contributed by atoms with Crippen LogP contribution in [0.4, 0.5) is 0 Å². The minimum atomic E-state index is -0.817. The van der Waals surface area contributed by atoms with Crippen LogP contribution in [0.2, 0.25) is 0 Å². The molecule has 0 aliphatic rings. The minimum Gasteiger partial charge on any atom is -0.467 e. The van der Waals surface area contributed by atoms with E-state index >= 15 is 0 Å². The topological polar surface area (TPSA) is 68.3 Å². The molecule has 5 nitrogen and oxygen atoms in total. The van der Waals surface area contributed by atoms with Crippen LogP contribution in [-0.4, -0.2) is 30.0 Å². The predicted octanol–water partition coefficient (Wildman–Crippen LogP) is 4.66. The average molecular weight is 463 g/mol. The second-order valence-electron chi connectivity index (χ2n) is 6.90. The number of pyridine rings is 1. The third kappa shape index (κ3) is 4.04. The van der Waals surface area contributed by atoms with E-state index in [2.05, 4.69) is 26.2 Å². The number of nitrogens with zero attached hydrogens (tertiary/aromatic N) is 1. The highest BCUT2D eigenvalue weighted by molar-refractivity contribution is 9.10. The van der Waals surface area contributed by atoms with Crippen LogP contribution in [0.25, 0.3) is 21.8 Å². The normalized spacial score (nSPS) is 11.9. The number of hydrogen-bond donors (Lipinski definition) is 1. The summed E-state index contributed by atoms with van der Waals surface area (Å²) in [6.07, 6.45) is 0.318. The molecule has 4 rings (SSSR count). The van der Waals surface area contributed by atoms with Gasteiger partial charge in [0.25, 0.3) is 5.91 Å². The number of aromatic nitrogens is 1. The van der Waals surface area contributed by atoms with E-state index in [1.807, 2.05) is 72.8 Å². The fraction of sp³-hybridized carbons (Fsp3) is 0.125. The maximum atomic E-state index is 13.4. The number of benzene rings is 3. The SMILES string of the molecule is COC(=O)[C@H](Cc1cccc(Br)c1)NC(=O)c1c2ccccc2nc2ccccc12. The van der Waals surface area contributed by atoms with Gasteiger partial charge in [-0.1, -0.05) is 64.5 Å². The Morgan fingerprint density at radius 2 is 1.60 bits per heavy atom. The average Bonchev–Trinajstić information content (AvgIpc) is 2.76. The maximum absolute atomic E-state index is 13.4. The number of ether oxygens (including phenoxy) is 1. The van der Waals surface area contributed by atoms with Gasteiger partial charge in [-0.05, 0) is 29.8 Å². The zero-order chi connectivity index (χ0) is 21.1. The van der Waals surface area contributed by atoms with Crippen LogP contribution in [0.5, 0.6) is 0 Å². The van der Waals surface area contributed by atoms with Gasteiger partial charge in [0, 0.05) is 21.7 Å². The van der Waals surface area contributed by atoms with Gasteiger partial charge in [-0.25, -0.2) is 9.78 Å². The summed E-state index contributed by atoms with van der Waals surface area (Å²) in [6, 6.07) is 21.8. The number of methoxy groups -OCH3 is 1. The molecule has 0 aliphatic carbocycles. The number of carbonyl (C=O) groups is 2. The summed E-state index contributed by atoms with van der Waals surface area (Å²) in [5.74, 6) is -0.832. The van der Waals surface area contributed by atoms with Crippen LogP contribution in [-0.2, 0) is 16.0 Å². The van der Waals surface area contributed by atoms with Gasteiger partial charge in [-0.2, -0.15) is 0 Å². The Labute approximate surface area is 182 Å². The van der Waals surface area contributed by atoms with E-state index in [0.29, 0.717) is 12.0 Å². The summed E-state index contributed by atoms with van der Waals surface area (Å²) < 4.78 is 5.85. The molecule has 3 aromatic carbocycles. The summed E-state index contributed by atoms with van der Waals surface area (Å²) in [4.78, 5) is 30.5. The minimum absolute atomic E-state index is 0.318. The van der Waals surface area contributed by atoms with Gasteiger partial charge >= 0.3 is 5.97 Å². The fourth-order valence-electron chi connectivity index (χ4n) is 3.55. The summed E-state index contributed by atoms with van der Waals surface area (Å²) in [7, 11) is 1.32. The lowest BCUT2D eigenvalue weighted by molar-refractivity contribution is -0.142. The predicted molar refractivity (Wildman–Crippen MR) is 120 cm³/mol. The molecule has 1 N–H and O–H groups in total. The lowest BCUT2D eigenvalue weighted by Crippen LogP contribution is -2.43. The van der Waals surface area contributed by atoms with E-state index in [-0.39, 0.29) is 5.91 Å². The van der Waals surface area contributed by atoms with Gasteiger partial charge in [-0.15, -0.1) is 0 Å². The molecule has 1 amide bonds. The molecule has 0 saturated carbocycles. The number of para-hydroxylation sites is 2. The molecule has 6 heteroatoms. The molecular formula is C24H19BrN2O3. The third-order valence-electron chi connectivity index (χ3n) is 4.93. The van der Waals surface area contributed by atoms with Crippen molar-refractivity contribution >= 4 is 49.6 Å². The third-order valence-corrected chi connectivity index (χ3v) is 5.43. The molecule has 4 aromatic rings. The lowest BCUT2D eigenvalue weighted by Gasteiger charge is -2.18. The molecule has 0 spiro atoms. The first kappa shape index (κ1) is 20.0. The number of carbonyl (C=O) groups excluding carboxylic acids is 2. The van der Waals surface area contributed by atoms with Gasteiger partial charge in [0.2, 0.25) is 0 Å². The van der Waals surface area contributed by atoms with Crippen molar-refractivity contribution in [2.24, 2.45) is 0 Å². The zero-order valence-corrected chi connectivity index (χ0v) is 17.8. The summed E-state index contributed by atoms with van der Waals surface area (Å²) in [6.45, 7) is 0. The summed E-state index contributed by atoms with van der Waals surface area (Å²) >= 11 is 3.44. The largest absolute Gasteiger partial charge is 0.467 e. The Kier molecular flexibility index (Phi) is 5.77. The highest BCUT2D eigenvalue weighted by Gasteiger charge is 2.25. The molecule has 0 unspecified atom stereocenters. The number of rotatable bonds is 5. The summed E-state index contributed by atoms with van der Waals surface area (Å²) in [5.41, 5.74) is 2.86. The van der Waals surface area contributed by atoms with Crippen molar-refractivity contribution in [1.82, 2.24) is 10.3 Å². The maximum Gasteiger partial charge on any atom is 0.328 e. The molecule has 0 bridgehead atoms. The number of nitrogens with one attached hydrogen (secondary N) is 1. The smallest absolute Gasteiger partial charge is 0.328 e. The van der Waals surface area contributed by atoms with Gasteiger partial charge < -0.3 is 10.1 Å². The molecule has 1 aromatic heterocycles. The second-order valence-corrected chi connectivity index (χ2v) is 7.82. The van der Waals surface area contributed by atoms with Crippen molar-refractivity contribution in [1.29, 1.82) is 0 Å². The molecule has 0 aliphatic heterocycles. The van der Waals surface area contributed by atoms with Crippen molar-refractivity contribution in [3.8, 4) is 0 Å². The summed E-state index contributed by atoms with van der Waals surface area (Å²) in [5, 5.41) is 4.35. The first-order valence-electron chi connectivity index (χ1n) is 9.47. The second kappa shape index (κ2) is 8.63. The Balaban J connectivity index is 1.75. The quantitative estimate of drug-likeness (QED) is 0.345. The monoisotopic (exact) mass is 462 g/mol. The van der Waals surface area contributed by atoms with E-state index in [1.54, 1.807) is 0 Å². The van der Waals surface area contributed by atoms with Crippen LogP contribution < -0.4 is 5.32 Å². The van der Waals surface area contributed by atoms with Gasteiger partial charge in [-0.3, -0.25) is 4.79 Å². The van der Waals surface area contributed by atoms with Crippen LogP contribution in [0, 0.1) is 0 Å². The highest BCUT2D eigenvalue weighted by Crippen LogP contribution is 2.26. The van der Waals surface area contributed by atoms with Crippen molar-refractivity contribution < 1.29 is 14.3 Å². The number of fused-ring (bicyclic) bond motifs is 2. The standard InChI is InChI=1S/C24H19BrN2O3/c1-30-24(29)21(14-15-7-6-8-16(25)13-15)27-23(28)22-17-9-2-4-11-19(17)26-20-12-5-3-10-18(20)22/h2-13,21H,14H2,1H3,(H,27,28)/t21-/m0/s1. The van der Waals surface area contributed by atoms with Crippen molar-refractivity contribution in [2.75, 3.05) is 7.11 Å². The number of amides is 1. The highest BCUT2D eigenvalue weighted by atomic mass is 79.9. The molecular weight excluding hydrogens is 444 g/mol. The van der Waals surface area contributed by atoms with E-state index in [0.717, 1.165) is 31.8 Å². The van der Waals surface area contributed by atoms with E-state index in [4.69, 9.17) is 4.74 Å². The molecule has 30 heavy (non-hydrogen) atoms. The number of halogens is 1. The number of hydrogen-bond acceptors (Lipinski definition) is 4. The fourth-order valence-corrected chi connectivity index (χ4v) is 4.00. The van der Waals surface area contributed by atoms with E-state index < -0.39 is 12.0 Å². The van der Waals surface area contributed by atoms with Crippen molar-refractivity contribution in [2.45, 2.75) is 12.5 Å². The first-order chi connectivity index (χ1) is 14.6. The Hall–Kier alpha value is -3.25. The van der Waals surface area contributed by atoms with Gasteiger partial charge in [0.15, 0.2) is 0 Å². The Morgan fingerprint density at radius 3 is 2.20 bits per heavy atom. The molecule has 150 valence electrons. The van der Waals surface area contributed by atoms with Crippen LogP contribution in [0.1, 0.15) is 15.9 Å². The van der Waals surface area contributed by atoms with Gasteiger partial charge in [0.1, 0.15) is 6.04 Å². The first-order valence-corrected chi connectivity index (χ1v) is 10.3. The molecule has 0 radical (unpaired) electrons. The zero-order valence-electron chi connectivity index (χ0n) is 16.3. The van der Waals surface area contributed by atoms with Crippen LogP contribution in [0.3, 0.4) is 0 Å². The molecule has 1 atom stereocenters. The van der Waals surface area contributed by atoms with Crippen LogP contribution in [0.15, 0.2) is 77.3 Å². The van der Waals surface area contributed by atoms with Gasteiger partial charge in [0.05, 0.1) is 23.7 Å². The lowest BCUT2D eigenvalue weighted by atomic mass is 10.0. The van der Waals surface area contributed by atoms with Crippen molar-refractivity contribution in [3.63, 3.8) is 0 Å². The Morgan fingerprint density at radius 1 is 0.967 bits per heavy atom. The molecule has 0 saturated heterocycles. The number of esters is 1. The Bertz CT molecular complexity index is 1200. The van der Waals surface area contributed by atoms with Crippen molar-refractivity contribution in [3.05, 3.63) is 88.4 Å². The van der Waals surface area contributed by atoms with E-state index in [9.17, 15) is 9.59 Å². The van der Waals surface area contributed by atoms with Crippen LogP contribution >= 0.6 is 15.9 Å². The molecule has 1 heterocycles. The molecule has 0 fully saturated rings.